The maximum atomic E-state index is 14.3. The molecular weight excluding hydrogens is 622 g/mol. The third-order valence-electron chi connectivity index (χ3n) is 7.80. The van der Waals surface area contributed by atoms with Crippen molar-refractivity contribution in [2.75, 3.05) is 23.9 Å². The first kappa shape index (κ1) is 31.0. The molecule has 44 heavy (non-hydrogen) atoms. The summed E-state index contributed by atoms with van der Waals surface area (Å²) in [6.07, 6.45) is -1.85. The number of pyridine rings is 1. The first-order valence-corrected chi connectivity index (χ1v) is 17.1. The van der Waals surface area contributed by atoms with Crippen LogP contribution in [0.3, 0.4) is 0 Å². The molecule has 2 fully saturated rings. The minimum atomic E-state index is -3.81. The zero-order chi connectivity index (χ0) is 31.6. The second-order valence-electron chi connectivity index (χ2n) is 12.1. The Morgan fingerprint density at radius 1 is 1.18 bits per heavy atom. The van der Waals surface area contributed by atoms with Crippen LogP contribution in [0, 0.1) is 5.92 Å². The summed E-state index contributed by atoms with van der Waals surface area (Å²) in [6.45, 7) is 4.30. The molecule has 0 amide bonds. The second-order valence-corrected chi connectivity index (χ2v) is 15.0. The van der Waals surface area contributed by atoms with E-state index >= 15 is 0 Å². The third-order valence-corrected chi connectivity index (χ3v) is 10.4. The smallest absolute Gasteiger partial charge is 0.295 e. The van der Waals surface area contributed by atoms with Gasteiger partial charge in [0, 0.05) is 37.0 Å². The van der Waals surface area contributed by atoms with Crippen molar-refractivity contribution in [3.8, 4) is 0 Å². The van der Waals surface area contributed by atoms with Crippen LogP contribution in [0.5, 0.6) is 0 Å². The first-order valence-electron chi connectivity index (χ1n) is 14.2. The van der Waals surface area contributed by atoms with Gasteiger partial charge in [0.25, 0.3) is 12.3 Å². The Balaban J connectivity index is 1.48. The van der Waals surface area contributed by atoms with Gasteiger partial charge in [0.15, 0.2) is 21.3 Å². The van der Waals surface area contributed by atoms with Gasteiger partial charge in [0.2, 0.25) is 0 Å². The fourth-order valence-electron chi connectivity index (χ4n) is 5.49. The number of Topliss-reactive ketones (excluding diaryl/α,β-unsaturated/α-hetero) is 1. The number of hydrogen-bond acceptors (Lipinski definition) is 9. The topological polar surface area (TPSA) is 116 Å². The Bertz CT molecular complexity index is 1790. The van der Waals surface area contributed by atoms with E-state index in [1.165, 1.54) is 28.5 Å². The maximum Gasteiger partial charge on any atom is 0.295 e. The van der Waals surface area contributed by atoms with E-state index in [0.29, 0.717) is 23.6 Å². The fourth-order valence-corrected chi connectivity index (χ4v) is 7.51. The molecule has 1 N–H and O–H groups in total. The maximum absolute atomic E-state index is 14.3. The molecule has 1 aromatic carbocycles. The highest BCUT2D eigenvalue weighted by Crippen LogP contribution is 2.49. The molecule has 0 radical (unpaired) electrons. The van der Waals surface area contributed by atoms with Crippen molar-refractivity contribution in [2.24, 2.45) is 10.9 Å². The van der Waals surface area contributed by atoms with E-state index in [0.717, 1.165) is 24.9 Å². The number of carbonyl (C=O) groups excluding carboxylic acids is 1. The number of carbonyl (C=O) groups is 1. The molecule has 6 rings (SSSR count). The highest BCUT2D eigenvalue weighted by atomic mass is 32.2. The normalized spacial score (nSPS) is 22.8. The zero-order valence-electron chi connectivity index (χ0n) is 24.2. The number of fused-ring (bicyclic) bond motifs is 1. The number of aliphatic imine (C=N–C) groups is 1. The molecule has 3 aliphatic rings. The van der Waals surface area contributed by atoms with Gasteiger partial charge in [-0.15, -0.1) is 11.8 Å². The van der Waals surface area contributed by atoms with E-state index in [4.69, 9.17) is 4.74 Å². The molecule has 9 nitrogen and oxygen atoms in total. The molecule has 0 spiro atoms. The van der Waals surface area contributed by atoms with Crippen molar-refractivity contribution in [2.45, 2.75) is 75.0 Å². The van der Waals surface area contributed by atoms with Gasteiger partial charge in [-0.3, -0.25) is 14.4 Å². The summed E-state index contributed by atoms with van der Waals surface area (Å²) in [7, 11) is -3.81. The third kappa shape index (κ3) is 6.10. The molecule has 3 aromatic rings. The number of nitrogens with one attached hydrogen (secondary N) is 1. The number of nitrogens with zero attached hydrogens (tertiary/aromatic N) is 4. The van der Waals surface area contributed by atoms with Crippen molar-refractivity contribution >= 4 is 55.0 Å². The van der Waals surface area contributed by atoms with Crippen LogP contribution in [0.15, 0.2) is 34.2 Å². The van der Waals surface area contributed by atoms with Crippen molar-refractivity contribution in [3.63, 3.8) is 0 Å². The lowest BCUT2D eigenvalue weighted by molar-refractivity contribution is -0.121. The number of ether oxygens (including phenoxy) is 1. The highest BCUT2D eigenvalue weighted by Gasteiger charge is 2.60. The molecule has 15 heteroatoms. The van der Waals surface area contributed by atoms with Gasteiger partial charge in [-0.1, -0.05) is 6.07 Å². The number of thioether (sulfide) groups is 1. The average Bonchev–Trinajstić information content (AvgIpc) is 3.24. The van der Waals surface area contributed by atoms with E-state index in [-0.39, 0.29) is 38.7 Å². The minimum Gasteiger partial charge on any atom is -0.358 e. The number of imidazole rings is 1. The summed E-state index contributed by atoms with van der Waals surface area (Å²) in [6, 6.07) is 6.13. The lowest BCUT2D eigenvalue weighted by Crippen LogP contribution is -2.21. The minimum absolute atomic E-state index is 0.00317. The number of alkyl halides is 4. The monoisotopic (exact) mass is 653 g/mol. The number of aromatic nitrogens is 3. The SMILES string of the molecule is CC1(C)CSC(c2ccc(Nc3cc(CC(=O)C4CC4(F)F)nc4c3nc(C(F)F)n4C3CCCCO3)c(S(C)(=O)=O)c2)=N1. The van der Waals surface area contributed by atoms with Crippen molar-refractivity contribution in [3.05, 3.63) is 41.3 Å². The van der Waals surface area contributed by atoms with Gasteiger partial charge < -0.3 is 10.1 Å². The van der Waals surface area contributed by atoms with Crippen molar-refractivity contribution in [1.29, 1.82) is 0 Å². The number of halogens is 4. The van der Waals surface area contributed by atoms with Gasteiger partial charge in [0.05, 0.1) is 38.5 Å². The Morgan fingerprint density at radius 2 is 1.93 bits per heavy atom. The summed E-state index contributed by atoms with van der Waals surface area (Å²) in [5.41, 5.74) is 0.598. The first-order chi connectivity index (χ1) is 20.6. The Labute approximate surface area is 255 Å². The standard InChI is InChI=1S/C29H31F4N5O4S2/c1-28(2)14-43-27(37-28)15-7-8-18(21(10-15)44(3,40)41)35-19-11-16(12-20(39)17-13-29(17,32)33)34-25-23(19)36-26(24(30)31)38(25)22-6-4-5-9-42-22/h7-8,10-11,17,22,24H,4-6,9,12-14H2,1-3H3,(H,34,35). The molecule has 1 saturated heterocycles. The largest absolute Gasteiger partial charge is 0.358 e. The van der Waals surface area contributed by atoms with E-state index in [1.807, 2.05) is 13.8 Å². The molecule has 2 aromatic heterocycles. The van der Waals surface area contributed by atoms with Gasteiger partial charge in [-0.2, -0.15) is 0 Å². The lowest BCUT2D eigenvalue weighted by Gasteiger charge is -2.25. The molecule has 4 heterocycles. The Kier molecular flexibility index (Phi) is 7.80. The predicted molar refractivity (Wildman–Crippen MR) is 159 cm³/mol. The number of hydrogen-bond donors (Lipinski definition) is 1. The van der Waals surface area contributed by atoms with Crippen LogP contribution in [0.25, 0.3) is 11.2 Å². The summed E-state index contributed by atoms with van der Waals surface area (Å²) in [4.78, 5) is 26.0. The van der Waals surface area contributed by atoms with Gasteiger partial charge in [0.1, 0.15) is 17.5 Å². The molecular formula is C29H31F4N5O4S2. The number of benzene rings is 1. The Hall–Kier alpha value is -3.04. The van der Waals surface area contributed by atoms with Crippen LogP contribution >= 0.6 is 11.8 Å². The van der Waals surface area contributed by atoms with Crippen LogP contribution in [-0.2, 0) is 25.8 Å². The number of sulfone groups is 1. The quantitative estimate of drug-likeness (QED) is 0.270. The van der Waals surface area contributed by atoms with Gasteiger partial charge in [-0.05, 0) is 51.3 Å². The van der Waals surface area contributed by atoms with Crippen LogP contribution in [0.1, 0.15) is 69.3 Å². The second kappa shape index (κ2) is 11.1. The number of anilines is 2. The number of rotatable bonds is 9. The predicted octanol–water partition coefficient (Wildman–Crippen LogP) is 6.25. The fraction of sp³-hybridized carbons (Fsp3) is 0.517. The van der Waals surface area contributed by atoms with Gasteiger partial charge in [-0.25, -0.2) is 35.9 Å². The van der Waals surface area contributed by atoms with Crippen LogP contribution in [-0.4, -0.2) is 63.9 Å². The van der Waals surface area contributed by atoms with E-state index in [1.54, 1.807) is 12.1 Å². The molecule has 2 atom stereocenters. The summed E-state index contributed by atoms with van der Waals surface area (Å²) >= 11 is 1.51. The summed E-state index contributed by atoms with van der Waals surface area (Å²) in [5, 5.41) is 3.72. The van der Waals surface area contributed by atoms with Crippen molar-refractivity contribution in [1.82, 2.24) is 14.5 Å². The molecule has 1 saturated carbocycles. The average molecular weight is 654 g/mol. The Morgan fingerprint density at radius 3 is 2.52 bits per heavy atom. The van der Waals surface area contributed by atoms with Crippen LogP contribution in [0.2, 0.25) is 0 Å². The molecule has 2 aliphatic heterocycles. The molecule has 1 aliphatic carbocycles. The lowest BCUT2D eigenvalue weighted by atomic mass is 10.1. The van der Waals surface area contributed by atoms with E-state index in [2.05, 4.69) is 20.3 Å². The van der Waals surface area contributed by atoms with Gasteiger partial charge >= 0.3 is 0 Å². The van der Waals surface area contributed by atoms with E-state index < -0.39 is 58.8 Å². The highest BCUT2D eigenvalue weighted by molar-refractivity contribution is 8.14. The zero-order valence-corrected chi connectivity index (χ0v) is 25.9. The van der Waals surface area contributed by atoms with E-state index in [9.17, 15) is 30.8 Å². The molecule has 236 valence electrons. The molecule has 0 bridgehead atoms. The van der Waals surface area contributed by atoms with Crippen LogP contribution < -0.4 is 5.32 Å². The van der Waals surface area contributed by atoms with Crippen LogP contribution in [0.4, 0.5) is 28.9 Å². The number of ketones is 1. The molecule has 2 unspecified atom stereocenters. The van der Waals surface area contributed by atoms with Crippen molar-refractivity contribution < 1.29 is 35.5 Å². The summed E-state index contributed by atoms with van der Waals surface area (Å²) in [5.74, 6) is -5.09. The summed E-state index contributed by atoms with van der Waals surface area (Å²) < 4.78 is 88.9.